The molecular weight excluding hydrogens is 440 g/mol. The Hall–Kier alpha value is -3.55. The third-order valence-electron chi connectivity index (χ3n) is 5.40. The molecule has 0 spiro atoms. The minimum Gasteiger partial charge on any atom is -0.395 e. The smallest absolute Gasteiger partial charge is 0.254 e. The predicted octanol–water partition coefficient (Wildman–Crippen LogP) is 4.60. The van der Waals surface area contributed by atoms with Gasteiger partial charge in [-0.25, -0.2) is 4.99 Å². The van der Waals surface area contributed by atoms with Crippen LogP contribution < -0.4 is 5.32 Å². The van der Waals surface area contributed by atoms with E-state index in [1.165, 1.54) is 10.5 Å². The number of amidine groups is 1. The predicted molar refractivity (Wildman–Crippen MR) is 145 cm³/mol. The number of carbonyl (C=O) groups excluding carboxylic acids is 1. The molecule has 0 bridgehead atoms. The number of aliphatic hydroxyl groups excluding tert-OH is 2. The van der Waals surface area contributed by atoms with Crippen LogP contribution in [0, 0.1) is 13.8 Å². The molecular formula is C28H36N4O3. The first kappa shape index (κ1) is 27.7. The summed E-state index contributed by atoms with van der Waals surface area (Å²) in [6.07, 6.45) is 5.37. The molecule has 0 saturated carbocycles. The number of benzene rings is 2. The molecule has 0 aromatic heterocycles. The van der Waals surface area contributed by atoms with Crippen molar-refractivity contribution >= 4 is 28.7 Å². The van der Waals surface area contributed by atoms with Gasteiger partial charge in [-0.15, -0.1) is 0 Å². The van der Waals surface area contributed by atoms with Crippen molar-refractivity contribution in [2.75, 3.05) is 31.6 Å². The van der Waals surface area contributed by atoms with Crippen molar-refractivity contribution in [1.29, 1.82) is 0 Å². The highest BCUT2D eigenvalue weighted by molar-refractivity contribution is 6.45. The van der Waals surface area contributed by atoms with E-state index in [1.807, 2.05) is 52.1 Å². The van der Waals surface area contributed by atoms with Gasteiger partial charge in [0.15, 0.2) is 5.84 Å². The Kier molecular flexibility index (Phi) is 11.1. The average molecular weight is 477 g/mol. The molecule has 0 aliphatic carbocycles. The largest absolute Gasteiger partial charge is 0.395 e. The van der Waals surface area contributed by atoms with Gasteiger partial charge in [0, 0.05) is 36.7 Å². The molecule has 0 fully saturated rings. The number of nitrogens with zero attached hydrogens (tertiary/aromatic N) is 3. The molecule has 1 amide bonds. The van der Waals surface area contributed by atoms with Gasteiger partial charge in [0.25, 0.3) is 5.91 Å². The number of rotatable bonds is 10. The second kappa shape index (κ2) is 14.0. The van der Waals surface area contributed by atoms with Gasteiger partial charge in [-0.3, -0.25) is 9.79 Å². The summed E-state index contributed by atoms with van der Waals surface area (Å²) in [5, 5.41) is 21.8. The molecule has 186 valence electrons. The van der Waals surface area contributed by atoms with Gasteiger partial charge < -0.3 is 20.4 Å². The van der Waals surface area contributed by atoms with Crippen LogP contribution in [0.25, 0.3) is 5.57 Å². The molecule has 2 aromatic carbocycles. The summed E-state index contributed by atoms with van der Waals surface area (Å²) in [4.78, 5) is 23.4. The van der Waals surface area contributed by atoms with Gasteiger partial charge in [0.05, 0.1) is 18.9 Å². The van der Waals surface area contributed by atoms with Crippen molar-refractivity contribution in [3.8, 4) is 0 Å². The molecule has 35 heavy (non-hydrogen) atoms. The third kappa shape index (κ3) is 8.31. The van der Waals surface area contributed by atoms with Crippen LogP contribution in [-0.2, 0) is 0 Å². The van der Waals surface area contributed by atoms with Gasteiger partial charge in [0.1, 0.15) is 0 Å². The second-order valence-corrected chi connectivity index (χ2v) is 8.25. The monoisotopic (exact) mass is 476 g/mol. The Balaban J connectivity index is 2.26. The van der Waals surface area contributed by atoms with Gasteiger partial charge >= 0.3 is 0 Å². The summed E-state index contributed by atoms with van der Waals surface area (Å²) in [5.41, 5.74) is 6.14. The fourth-order valence-electron chi connectivity index (χ4n) is 3.36. The van der Waals surface area contributed by atoms with Crippen LogP contribution in [0.3, 0.4) is 0 Å². The Morgan fingerprint density at radius 3 is 2.23 bits per heavy atom. The van der Waals surface area contributed by atoms with Crippen molar-refractivity contribution < 1.29 is 15.0 Å². The van der Waals surface area contributed by atoms with Crippen LogP contribution in [0.1, 0.15) is 47.8 Å². The molecule has 0 saturated heterocycles. The van der Waals surface area contributed by atoms with Crippen LogP contribution in [0.2, 0.25) is 0 Å². The molecule has 0 aliphatic heterocycles. The zero-order chi connectivity index (χ0) is 25.8. The number of nitrogens with one attached hydrogen (secondary N) is 1. The number of aliphatic hydroxyl groups is 2. The van der Waals surface area contributed by atoms with Crippen LogP contribution in [0.4, 0.5) is 5.69 Å². The van der Waals surface area contributed by atoms with E-state index < -0.39 is 0 Å². The first-order chi connectivity index (χ1) is 16.8. The highest BCUT2D eigenvalue weighted by atomic mass is 16.3. The van der Waals surface area contributed by atoms with Crippen LogP contribution >= 0.6 is 0 Å². The first-order valence-corrected chi connectivity index (χ1v) is 11.7. The maximum atomic E-state index is 12.8. The standard InChI is InChI=1S/C28H36N4O3/c1-6-13-29-27(23(5)30-19-22(4)24-9-7-20(2)8-10-24)31-25-11-12-26(21(3)18-25)28(35)32(14-16-33)15-17-34/h6-13,18-19,33-34H,14-17H2,1-5H3,(H,29,31)/b13-6-,22-19+,30-23?. The fraction of sp³-hybridized carbons (Fsp3) is 0.321. The molecule has 0 atom stereocenters. The summed E-state index contributed by atoms with van der Waals surface area (Å²) < 4.78 is 0. The van der Waals surface area contributed by atoms with Crippen molar-refractivity contribution in [2.24, 2.45) is 9.98 Å². The van der Waals surface area contributed by atoms with E-state index in [9.17, 15) is 15.0 Å². The minimum absolute atomic E-state index is 0.161. The second-order valence-electron chi connectivity index (χ2n) is 8.25. The number of hydrogen-bond donors (Lipinski definition) is 3. The number of aliphatic imine (C=N–C) groups is 2. The lowest BCUT2D eigenvalue weighted by molar-refractivity contribution is 0.0684. The van der Waals surface area contributed by atoms with Gasteiger partial charge in [-0.2, -0.15) is 0 Å². The van der Waals surface area contributed by atoms with Gasteiger partial charge in [-0.1, -0.05) is 35.9 Å². The molecule has 0 unspecified atom stereocenters. The number of allylic oxidation sites excluding steroid dienone is 2. The Morgan fingerprint density at radius 2 is 1.66 bits per heavy atom. The molecule has 7 heteroatoms. The van der Waals surface area contributed by atoms with E-state index in [0.29, 0.717) is 17.1 Å². The van der Waals surface area contributed by atoms with E-state index in [2.05, 4.69) is 46.5 Å². The van der Waals surface area contributed by atoms with Gasteiger partial charge in [-0.05, 0) is 69.5 Å². The van der Waals surface area contributed by atoms with E-state index in [4.69, 9.17) is 0 Å². The van der Waals surface area contributed by atoms with E-state index >= 15 is 0 Å². The molecule has 0 aliphatic rings. The van der Waals surface area contributed by atoms with Crippen LogP contribution in [-0.4, -0.2) is 58.9 Å². The maximum Gasteiger partial charge on any atom is 0.254 e. The number of amides is 1. The van der Waals surface area contributed by atoms with Crippen molar-refractivity contribution in [3.05, 3.63) is 83.2 Å². The van der Waals surface area contributed by atoms with E-state index in [0.717, 1.165) is 22.4 Å². The summed E-state index contributed by atoms with van der Waals surface area (Å²) in [6, 6.07) is 13.7. The number of hydrogen-bond acceptors (Lipinski definition) is 5. The van der Waals surface area contributed by atoms with Crippen molar-refractivity contribution in [1.82, 2.24) is 4.90 Å². The average Bonchev–Trinajstić information content (AvgIpc) is 2.84. The van der Waals surface area contributed by atoms with E-state index in [1.54, 1.807) is 12.3 Å². The summed E-state index contributed by atoms with van der Waals surface area (Å²) in [7, 11) is 0. The normalized spacial score (nSPS) is 12.8. The van der Waals surface area contributed by atoms with E-state index in [-0.39, 0.29) is 32.2 Å². The fourth-order valence-corrected chi connectivity index (χ4v) is 3.36. The Morgan fingerprint density at radius 1 is 1.00 bits per heavy atom. The molecule has 7 nitrogen and oxygen atoms in total. The number of aryl methyl sites for hydroxylation is 2. The Labute approximate surface area is 208 Å². The van der Waals surface area contributed by atoms with Crippen LogP contribution in [0.5, 0.6) is 0 Å². The third-order valence-corrected chi connectivity index (χ3v) is 5.40. The quantitative estimate of drug-likeness (QED) is 0.345. The lowest BCUT2D eigenvalue weighted by Crippen LogP contribution is -2.36. The first-order valence-electron chi connectivity index (χ1n) is 11.7. The molecule has 3 N–H and O–H groups in total. The number of anilines is 1. The SMILES string of the molecule is C/C=C\N=C(Nc1ccc(C(=O)N(CCO)CCO)c(C)c1)C(C)=N/C=C(\C)c1ccc(C)cc1. The minimum atomic E-state index is -0.227. The highest BCUT2D eigenvalue weighted by Crippen LogP contribution is 2.18. The molecule has 2 rings (SSSR count). The molecule has 2 aromatic rings. The topological polar surface area (TPSA) is 97.5 Å². The maximum absolute atomic E-state index is 12.8. The number of carbonyl (C=O) groups is 1. The van der Waals surface area contributed by atoms with Crippen molar-refractivity contribution in [3.63, 3.8) is 0 Å². The highest BCUT2D eigenvalue weighted by Gasteiger charge is 2.17. The summed E-state index contributed by atoms with van der Waals surface area (Å²) in [6.45, 7) is 9.74. The lowest BCUT2D eigenvalue weighted by Gasteiger charge is -2.22. The zero-order valence-corrected chi connectivity index (χ0v) is 21.2. The lowest BCUT2D eigenvalue weighted by atomic mass is 10.1. The summed E-state index contributed by atoms with van der Waals surface area (Å²) in [5.74, 6) is 0.367. The van der Waals surface area contributed by atoms with Gasteiger partial charge in [0.2, 0.25) is 0 Å². The molecule has 0 radical (unpaired) electrons. The zero-order valence-electron chi connectivity index (χ0n) is 21.2. The molecule has 0 heterocycles. The van der Waals surface area contributed by atoms with Crippen LogP contribution in [0.15, 0.2) is 70.9 Å². The Bertz CT molecular complexity index is 1110. The summed E-state index contributed by atoms with van der Waals surface area (Å²) >= 11 is 0. The van der Waals surface area contributed by atoms with Crippen molar-refractivity contribution in [2.45, 2.75) is 34.6 Å².